The van der Waals surface area contributed by atoms with Crippen molar-refractivity contribution in [3.05, 3.63) is 52.8 Å². The third kappa shape index (κ3) is 5.16. The van der Waals surface area contributed by atoms with E-state index in [4.69, 9.17) is 0 Å². The molecule has 0 aliphatic heterocycles. The molecule has 146 valence electrons. The maximum atomic E-state index is 12.5. The van der Waals surface area contributed by atoms with Crippen molar-refractivity contribution >= 4 is 34.0 Å². The highest BCUT2D eigenvalue weighted by Gasteiger charge is 2.32. The summed E-state index contributed by atoms with van der Waals surface area (Å²) < 4.78 is 41.4. The van der Waals surface area contributed by atoms with Crippen LogP contribution in [-0.2, 0) is 0 Å². The highest BCUT2D eigenvalue weighted by Crippen LogP contribution is 2.30. The lowest BCUT2D eigenvalue weighted by Gasteiger charge is -2.13. The van der Waals surface area contributed by atoms with Crippen LogP contribution in [0.25, 0.3) is 0 Å². The van der Waals surface area contributed by atoms with Crippen molar-refractivity contribution in [1.82, 2.24) is 15.0 Å². The lowest BCUT2D eigenvalue weighted by Crippen LogP contribution is -2.19. The van der Waals surface area contributed by atoms with Gasteiger partial charge in [-0.15, -0.1) is 24.5 Å². The van der Waals surface area contributed by atoms with E-state index in [1.54, 1.807) is 0 Å². The maximum absolute atomic E-state index is 12.5. The fraction of sp³-hybridized carbons (Fsp3) is 0.176. The number of ether oxygens (including phenoxy) is 1. The summed E-state index contributed by atoms with van der Waals surface area (Å²) in [7, 11) is 0. The Hall–Kier alpha value is -3.21. The molecule has 1 aromatic carbocycles. The molecular formula is C17H14F3N5O2S. The normalized spacial score (nSPS) is 11.2. The molecule has 0 atom stereocenters. The van der Waals surface area contributed by atoms with Crippen LogP contribution in [-0.4, -0.2) is 27.2 Å². The summed E-state index contributed by atoms with van der Waals surface area (Å²) in [5.74, 6) is -0.854. The van der Waals surface area contributed by atoms with Crippen LogP contribution in [0.15, 0.2) is 35.7 Å². The van der Waals surface area contributed by atoms with Crippen LogP contribution in [0.5, 0.6) is 5.75 Å². The quantitative estimate of drug-likeness (QED) is 0.648. The van der Waals surface area contributed by atoms with Crippen LogP contribution >= 0.6 is 11.3 Å². The highest BCUT2D eigenvalue weighted by molar-refractivity contribution is 7.14. The lowest BCUT2D eigenvalue weighted by molar-refractivity contribution is -0.274. The molecule has 0 fully saturated rings. The number of hydrogen-bond acceptors (Lipinski definition) is 7. The minimum Gasteiger partial charge on any atom is -0.404 e. The zero-order chi connectivity index (χ0) is 20.3. The monoisotopic (exact) mass is 409 g/mol. The molecule has 0 radical (unpaired) electrons. The average Bonchev–Trinajstić information content (AvgIpc) is 3.03. The molecule has 7 nitrogen and oxygen atoms in total. The van der Waals surface area contributed by atoms with Crippen LogP contribution in [0.3, 0.4) is 0 Å². The molecule has 3 aromatic rings. The van der Waals surface area contributed by atoms with Gasteiger partial charge in [0, 0.05) is 16.8 Å². The third-order valence-electron chi connectivity index (χ3n) is 3.30. The second-order valence-electron chi connectivity index (χ2n) is 5.64. The number of anilines is 3. The number of para-hydroxylation sites is 2. The minimum absolute atomic E-state index is 0.0266. The summed E-state index contributed by atoms with van der Waals surface area (Å²) in [5, 5.41) is 7.10. The molecular weight excluding hydrogens is 395 g/mol. The van der Waals surface area contributed by atoms with Gasteiger partial charge in [-0.1, -0.05) is 12.1 Å². The molecule has 11 heteroatoms. The summed E-state index contributed by atoms with van der Waals surface area (Å²) in [5.41, 5.74) is 1.44. The number of carbonyl (C=O) groups excluding carboxylic acids is 1. The molecule has 0 saturated carbocycles. The van der Waals surface area contributed by atoms with E-state index in [1.165, 1.54) is 23.6 Å². The van der Waals surface area contributed by atoms with Crippen LogP contribution in [0.2, 0.25) is 0 Å². The standard InChI is InChI=1S/C17H14F3N5O2S/c1-9-7-10(2)22-15(21-9)25-16-24-12(8-28-16)14(26)23-11-5-3-4-6-13(11)27-17(18,19)20/h3-8H,1-2H3,(H,23,26)(H,21,22,24,25). The molecule has 0 bridgehead atoms. The SMILES string of the molecule is Cc1cc(C)nc(Nc2nc(C(=O)Nc3ccccc3OC(F)(F)F)cs2)n1. The van der Waals surface area contributed by atoms with Crippen LogP contribution < -0.4 is 15.4 Å². The van der Waals surface area contributed by atoms with Gasteiger partial charge in [-0.3, -0.25) is 4.79 Å². The van der Waals surface area contributed by atoms with Gasteiger partial charge in [0.1, 0.15) is 5.69 Å². The molecule has 2 N–H and O–H groups in total. The fourth-order valence-corrected chi connectivity index (χ4v) is 2.97. The number of alkyl halides is 3. The van der Waals surface area contributed by atoms with E-state index in [0.29, 0.717) is 11.1 Å². The Bertz CT molecular complexity index is 986. The molecule has 28 heavy (non-hydrogen) atoms. The Kier molecular flexibility index (Phi) is 5.45. The number of halogens is 3. The van der Waals surface area contributed by atoms with Gasteiger partial charge in [-0.25, -0.2) is 15.0 Å². The van der Waals surface area contributed by atoms with Gasteiger partial charge < -0.3 is 15.4 Å². The molecule has 0 unspecified atom stereocenters. The second kappa shape index (κ2) is 7.80. The third-order valence-corrected chi connectivity index (χ3v) is 4.06. The van der Waals surface area contributed by atoms with Gasteiger partial charge >= 0.3 is 6.36 Å². The Balaban J connectivity index is 1.73. The number of thiazole rings is 1. The van der Waals surface area contributed by atoms with Gasteiger partial charge in [-0.2, -0.15) is 0 Å². The molecule has 3 rings (SSSR count). The van der Waals surface area contributed by atoms with Crippen molar-refractivity contribution in [1.29, 1.82) is 0 Å². The van der Waals surface area contributed by atoms with E-state index in [-0.39, 0.29) is 11.4 Å². The number of amides is 1. The molecule has 1 amide bonds. The van der Waals surface area contributed by atoms with E-state index in [9.17, 15) is 18.0 Å². The van der Waals surface area contributed by atoms with Gasteiger partial charge in [-0.05, 0) is 32.0 Å². The van der Waals surface area contributed by atoms with Gasteiger partial charge in [0.05, 0.1) is 5.69 Å². The predicted octanol–water partition coefficient (Wildman–Crippen LogP) is 4.44. The maximum Gasteiger partial charge on any atom is 0.573 e. The Morgan fingerprint density at radius 1 is 1.11 bits per heavy atom. The van der Waals surface area contributed by atoms with Gasteiger partial charge in [0.2, 0.25) is 5.95 Å². The van der Waals surface area contributed by atoms with Gasteiger partial charge in [0.15, 0.2) is 10.9 Å². The number of carbonyl (C=O) groups is 1. The zero-order valence-electron chi connectivity index (χ0n) is 14.7. The predicted molar refractivity (Wildman–Crippen MR) is 98.0 cm³/mol. The van der Waals surface area contributed by atoms with Crippen molar-refractivity contribution < 1.29 is 22.7 Å². The summed E-state index contributed by atoms with van der Waals surface area (Å²) >= 11 is 1.13. The first-order valence-corrected chi connectivity index (χ1v) is 8.78. The number of nitrogens with zero attached hydrogens (tertiary/aromatic N) is 3. The van der Waals surface area contributed by atoms with Crippen molar-refractivity contribution in [3.8, 4) is 5.75 Å². The van der Waals surface area contributed by atoms with E-state index < -0.39 is 18.0 Å². The van der Waals surface area contributed by atoms with Crippen molar-refractivity contribution in [2.75, 3.05) is 10.6 Å². The number of benzene rings is 1. The van der Waals surface area contributed by atoms with Gasteiger partial charge in [0.25, 0.3) is 5.91 Å². The zero-order valence-corrected chi connectivity index (χ0v) is 15.5. The number of rotatable bonds is 5. The van der Waals surface area contributed by atoms with Crippen LogP contribution in [0.1, 0.15) is 21.9 Å². The summed E-state index contributed by atoms with van der Waals surface area (Å²) in [4.78, 5) is 24.9. The lowest BCUT2D eigenvalue weighted by atomic mass is 10.3. The fourth-order valence-electron chi connectivity index (χ4n) is 2.28. The largest absolute Gasteiger partial charge is 0.573 e. The summed E-state index contributed by atoms with van der Waals surface area (Å²) in [6.07, 6.45) is -4.87. The van der Waals surface area contributed by atoms with E-state index in [2.05, 4.69) is 30.3 Å². The highest BCUT2D eigenvalue weighted by atomic mass is 32.1. The topological polar surface area (TPSA) is 89.0 Å². The minimum atomic E-state index is -4.87. The van der Waals surface area contributed by atoms with E-state index >= 15 is 0 Å². The smallest absolute Gasteiger partial charge is 0.404 e. The van der Waals surface area contributed by atoms with Crippen molar-refractivity contribution in [2.45, 2.75) is 20.2 Å². The summed E-state index contributed by atoms with van der Waals surface area (Å²) in [6.45, 7) is 3.64. The molecule has 2 heterocycles. The number of hydrogen-bond donors (Lipinski definition) is 2. The number of nitrogens with one attached hydrogen (secondary N) is 2. The van der Waals surface area contributed by atoms with Crippen LogP contribution in [0.4, 0.5) is 29.9 Å². The molecule has 2 aromatic heterocycles. The van der Waals surface area contributed by atoms with Crippen LogP contribution in [0, 0.1) is 13.8 Å². The number of aryl methyl sites for hydroxylation is 2. The second-order valence-corrected chi connectivity index (χ2v) is 6.49. The first kappa shape index (κ1) is 19.5. The van der Waals surface area contributed by atoms with E-state index in [0.717, 1.165) is 28.8 Å². The van der Waals surface area contributed by atoms with Crippen molar-refractivity contribution in [2.24, 2.45) is 0 Å². The summed E-state index contributed by atoms with van der Waals surface area (Å²) in [6, 6.07) is 7.06. The first-order valence-electron chi connectivity index (χ1n) is 7.90. The van der Waals surface area contributed by atoms with E-state index in [1.807, 2.05) is 19.9 Å². The first-order chi connectivity index (χ1) is 13.2. The van der Waals surface area contributed by atoms with Crippen molar-refractivity contribution in [3.63, 3.8) is 0 Å². The Morgan fingerprint density at radius 3 is 2.46 bits per heavy atom. The Labute approximate surface area is 161 Å². The molecule has 0 saturated heterocycles. The number of aromatic nitrogens is 3. The average molecular weight is 409 g/mol. The molecule has 0 aliphatic carbocycles. The molecule has 0 spiro atoms. The Morgan fingerprint density at radius 2 is 1.79 bits per heavy atom. The molecule has 0 aliphatic rings.